The van der Waals surface area contributed by atoms with E-state index in [-0.39, 0.29) is 17.2 Å². The second-order valence-electron chi connectivity index (χ2n) is 3.46. The van der Waals surface area contributed by atoms with Gasteiger partial charge in [-0.15, -0.1) is 0 Å². The minimum Gasteiger partial charge on any atom is -0.364 e. The Balaban J connectivity index is 2.80. The van der Waals surface area contributed by atoms with Gasteiger partial charge in [-0.25, -0.2) is 4.68 Å². The van der Waals surface area contributed by atoms with Crippen LogP contribution in [0.4, 0.5) is 24.7 Å². The molecule has 0 saturated heterocycles. The Bertz CT molecular complexity index is 427. The summed E-state index contributed by atoms with van der Waals surface area (Å²) in [5, 5.41) is 16.9. The summed E-state index contributed by atoms with van der Waals surface area (Å²) in [6, 6.07) is 0. The number of hydrogen-bond donors (Lipinski definition) is 1. The van der Waals surface area contributed by atoms with Gasteiger partial charge in [-0.05, 0) is 6.92 Å². The van der Waals surface area contributed by atoms with Crippen molar-refractivity contribution in [3.8, 4) is 0 Å². The summed E-state index contributed by atoms with van der Waals surface area (Å²) in [6.07, 6.45) is -5.36. The molecular weight excluding hydrogens is 241 g/mol. The van der Waals surface area contributed by atoms with Gasteiger partial charge in [0, 0.05) is 13.6 Å². The SMILES string of the molecule is Cc1nn(C)c(NCCC(F)(F)F)c1[N+](=O)[O-]. The average molecular weight is 252 g/mol. The van der Waals surface area contributed by atoms with Crippen LogP contribution in [-0.2, 0) is 7.05 Å². The van der Waals surface area contributed by atoms with Gasteiger partial charge >= 0.3 is 11.9 Å². The summed E-state index contributed by atoms with van der Waals surface area (Å²) in [5.74, 6) is -0.0169. The topological polar surface area (TPSA) is 73.0 Å². The second-order valence-corrected chi connectivity index (χ2v) is 3.46. The van der Waals surface area contributed by atoms with Crippen LogP contribution in [0.25, 0.3) is 0 Å². The second kappa shape index (κ2) is 4.60. The Morgan fingerprint density at radius 2 is 2.12 bits per heavy atom. The highest BCUT2D eigenvalue weighted by atomic mass is 19.4. The fourth-order valence-electron chi connectivity index (χ4n) is 1.39. The number of nitrogens with one attached hydrogen (secondary N) is 1. The summed E-state index contributed by atoms with van der Waals surface area (Å²) in [7, 11) is 1.43. The van der Waals surface area contributed by atoms with Gasteiger partial charge in [-0.1, -0.05) is 0 Å². The zero-order chi connectivity index (χ0) is 13.2. The van der Waals surface area contributed by atoms with Crippen molar-refractivity contribution >= 4 is 11.5 Å². The van der Waals surface area contributed by atoms with Gasteiger partial charge in [-0.2, -0.15) is 18.3 Å². The third-order valence-electron chi connectivity index (χ3n) is 2.07. The Morgan fingerprint density at radius 1 is 1.53 bits per heavy atom. The predicted molar refractivity (Wildman–Crippen MR) is 53.8 cm³/mol. The molecule has 0 atom stereocenters. The van der Waals surface area contributed by atoms with Crippen LogP contribution in [0.1, 0.15) is 12.1 Å². The quantitative estimate of drug-likeness (QED) is 0.657. The molecule has 0 spiro atoms. The number of nitro groups is 1. The first-order chi connectivity index (χ1) is 7.72. The highest BCUT2D eigenvalue weighted by Gasteiger charge is 2.28. The third-order valence-corrected chi connectivity index (χ3v) is 2.07. The van der Waals surface area contributed by atoms with E-state index >= 15 is 0 Å². The summed E-state index contributed by atoms with van der Waals surface area (Å²) in [6.45, 7) is 0.996. The van der Waals surface area contributed by atoms with E-state index in [0.717, 1.165) is 4.68 Å². The van der Waals surface area contributed by atoms with Crippen molar-refractivity contribution in [2.45, 2.75) is 19.5 Å². The Morgan fingerprint density at radius 3 is 2.59 bits per heavy atom. The number of hydrogen-bond acceptors (Lipinski definition) is 4. The number of aromatic nitrogens is 2. The van der Waals surface area contributed by atoms with Crippen LogP contribution in [-0.4, -0.2) is 27.4 Å². The van der Waals surface area contributed by atoms with Crippen LogP contribution in [0, 0.1) is 17.0 Å². The van der Waals surface area contributed by atoms with Crippen molar-refractivity contribution < 1.29 is 18.1 Å². The molecule has 0 aliphatic rings. The van der Waals surface area contributed by atoms with E-state index in [9.17, 15) is 23.3 Å². The minimum atomic E-state index is -4.30. The Labute approximate surface area is 94.6 Å². The van der Waals surface area contributed by atoms with E-state index in [1.165, 1.54) is 14.0 Å². The van der Waals surface area contributed by atoms with Crippen LogP contribution in [0.2, 0.25) is 0 Å². The zero-order valence-corrected chi connectivity index (χ0v) is 9.21. The smallest absolute Gasteiger partial charge is 0.364 e. The van der Waals surface area contributed by atoms with Gasteiger partial charge < -0.3 is 5.32 Å². The van der Waals surface area contributed by atoms with E-state index in [0.29, 0.717) is 0 Å². The maximum Gasteiger partial charge on any atom is 0.390 e. The molecule has 6 nitrogen and oxygen atoms in total. The first-order valence-electron chi connectivity index (χ1n) is 4.71. The van der Waals surface area contributed by atoms with Crippen LogP contribution in [0.15, 0.2) is 0 Å². The summed E-state index contributed by atoms with van der Waals surface area (Å²) in [4.78, 5) is 10.0. The van der Waals surface area contributed by atoms with Crippen molar-refractivity contribution in [2.24, 2.45) is 7.05 Å². The molecule has 0 bridgehead atoms. The molecule has 1 rings (SSSR count). The first kappa shape index (κ1) is 13.3. The van der Waals surface area contributed by atoms with Crippen molar-refractivity contribution in [3.05, 3.63) is 15.8 Å². The lowest BCUT2D eigenvalue weighted by Crippen LogP contribution is -2.16. The number of halogens is 3. The molecule has 0 radical (unpaired) electrons. The third kappa shape index (κ3) is 3.33. The van der Waals surface area contributed by atoms with Gasteiger partial charge in [0.15, 0.2) is 0 Å². The molecule has 0 fully saturated rings. The molecular formula is C8H11F3N4O2. The monoisotopic (exact) mass is 252 g/mol. The maximum atomic E-state index is 11.9. The van der Waals surface area contributed by atoms with Gasteiger partial charge in [-0.3, -0.25) is 10.1 Å². The van der Waals surface area contributed by atoms with Crippen molar-refractivity contribution in [2.75, 3.05) is 11.9 Å². The fraction of sp³-hybridized carbons (Fsp3) is 0.625. The highest BCUT2D eigenvalue weighted by Crippen LogP contribution is 2.28. The van der Waals surface area contributed by atoms with Crippen molar-refractivity contribution in [1.29, 1.82) is 0 Å². The molecule has 0 saturated carbocycles. The number of nitrogens with zero attached hydrogens (tertiary/aromatic N) is 3. The van der Waals surface area contributed by atoms with Crippen LogP contribution in [0.3, 0.4) is 0 Å². The van der Waals surface area contributed by atoms with E-state index in [2.05, 4.69) is 10.4 Å². The molecule has 0 aliphatic carbocycles. The first-order valence-corrected chi connectivity index (χ1v) is 4.71. The Hall–Kier alpha value is -1.80. The van der Waals surface area contributed by atoms with Gasteiger partial charge in [0.25, 0.3) is 0 Å². The Kier molecular flexibility index (Phi) is 3.59. The normalized spacial score (nSPS) is 11.6. The molecule has 1 N–H and O–H groups in total. The van der Waals surface area contributed by atoms with Crippen LogP contribution in [0.5, 0.6) is 0 Å². The fourth-order valence-corrected chi connectivity index (χ4v) is 1.39. The van der Waals surface area contributed by atoms with Gasteiger partial charge in [0.2, 0.25) is 5.82 Å². The van der Waals surface area contributed by atoms with Crippen molar-refractivity contribution in [1.82, 2.24) is 9.78 Å². The molecule has 17 heavy (non-hydrogen) atoms. The molecule has 0 amide bonds. The number of aryl methyl sites for hydroxylation is 2. The maximum absolute atomic E-state index is 11.9. The molecule has 96 valence electrons. The molecule has 0 unspecified atom stereocenters. The average Bonchev–Trinajstić information content (AvgIpc) is 2.39. The number of anilines is 1. The summed E-state index contributed by atoms with van der Waals surface area (Å²) in [5.41, 5.74) is -0.137. The largest absolute Gasteiger partial charge is 0.390 e. The molecule has 1 aromatic rings. The number of rotatable bonds is 4. The lowest BCUT2D eigenvalue weighted by atomic mass is 10.3. The van der Waals surface area contributed by atoms with E-state index < -0.39 is 24.1 Å². The van der Waals surface area contributed by atoms with E-state index in [4.69, 9.17) is 0 Å². The van der Waals surface area contributed by atoms with E-state index in [1.807, 2.05) is 0 Å². The minimum absolute atomic E-state index is 0.0169. The summed E-state index contributed by atoms with van der Waals surface area (Å²) < 4.78 is 36.9. The van der Waals surface area contributed by atoms with Gasteiger partial charge in [0.05, 0.1) is 11.3 Å². The van der Waals surface area contributed by atoms with E-state index in [1.54, 1.807) is 0 Å². The van der Waals surface area contributed by atoms with Crippen molar-refractivity contribution in [3.63, 3.8) is 0 Å². The van der Waals surface area contributed by atoms with Crippen LogP contribution >= 0.6 is 0 Å². The highest BCUT2D eigenvalue weighted by molar-refractivity contribution is 5.59. The predicted octanol–water partition coefficient (Wildman–Crippen LogP) is 2.00. The zero-order valence-electron chi connectivity index (χ0n) is 9.21. The number of alkyl halides is 3. The standard InChI is InChI=1S/C8H11F3N4O2/c1-5-6(15(16)17)7(14(2)13-5)12-4-3-8(9,10)11/h12H,3-4H2,1-2H3. The van der Waals surface area contributed by atoms with Crippen LogP contribution < -0.4 is 5.32 Å². The molecule has 0 aliphatic heterocycles. The lowest BCUT2D eigenvalue weighted by Gasteiger charge is -2.08. The molecule has 9 heteroatoms. The molecule has 0 aromatic carbocycles. The molecule has 1 heterocycles. The lowest BCUT2D eigenvalue weighted by molar-refractivity contribution is -0.384. The van der Waals surface area contributed by atoms with Gasteiger partial charge in [0.1, 0.15) is 5.69 Å². The molecule has 1 aromatic heterocycles. The summed E-state index contributed by atoms with van der Waals surface area (Å²) >= 11 is 0.